The number of ether oxygens (including phenoxy) is 1. The molecule has 1 saturated heterocycles. The second kappa shape index (κ2) is 6.91. The summed E-state index contributed by atoms with van der Waals surface area (Å²) in [6, 6.07) is 12.1. The van der Waals surface area contributed by atoms with Gasteiger partial charge in [-0.2, -0.15) is 5.26 Å². The van der Waals surface area contributed by atoms with E-state index in [2.05, 4.69) is 6.07 Å². The van der Waals surface area contributed by atoms with Gasteiger partial charge in [-0.15, -0.1) is 0 Å². The number of amides is 1. The maximum absolute atomic E-state index is 12.7. The second-order valence-electron chi connectivity index (χ2n) is 6.02. The van der Waals surface area contributed by atoms with Crippen molar-refractivity contribution < 1.29 is 19.4 Å². The Kier molecular flexibility index (Phi) is 4.68. The summed E-state index contributed by atoms with van der Waals surface area (Å²) in [5.74, 6) is -0.857. The molecule has 2 aromatic rings. The maximum atomic E-state index is 12.7. The fraction of sp³-hybridized carbons (Fsp3) is 0.316. The highest BCUT2D eigenvalue weighted by atomic mass is 16.5. The van der Waals surface area contributed by atoms with E-state index in [0.29, 0.717) is 18.5 Å². The van der Waals surface area contributed by atoms with Crippen LogP contribution in [0, 0.1) is 11.3 Å². The molecule has 1 aliphatic rings. The summed E-state index contributed by atoms with van der Waals surface area (Å²) < 4.78 is 4.71. The van der Waals surface area contributed by atoms with E-state index in [-0.39, 0.29) is 12.3 Å². The minimum absolute atomic E-state index is 0.0897. The van der Waals surface area contributed by atoms with Gasteiger partial charge in [0.25, 0.3) is 0 Å². The SMILES string of the molecule is COC(=O)C1C(O)CCN1C(=O)Cc1ccc(C#N)c2ccccc12. The summed E-state index contributed by atoms with van der Waals surface area (Å²) in [6.07, 6.45) is -0.472. The van der Waals surface area contributed by atoms with Gasteiger partial charge in [0, 0.05) is 6.54 Å². The Morgan fingerprint density at radius 3 is 2.68 bits per heavy atom. The van der Waals surface area contributed by atoms with Gasteiger partial charge >= 0.3 is 5.97 Å². The van der Waals surface area contributed by atoms with Crippen LogP contribution in [0.1, 0.15) is 17.5 Å². The first-order chi connectivity index (χ1) is 12.1. The lowest BCUT2D eigenvalue weighted by Gasteiger charge is -2.24. The summed E-state index contributed by atoms with van der Waals surface area (Å²) >= 11 is 0. The van der Waals surface area contributed by atoms with Gasteiger partial charge in [-0.3, -0.25) is 4.79 Å². The van der Waals surface area contributed by atoms with Crippen molar-refractivity contribution in [3.63, 3.8) is 0 Å². The van der Waals surface area contributed by atoms with Gasteiger partial charge < -0.3 is 14.7 Å². The largest absolute Gasteiger partial charge is 0.467 e. The number of hydrogen-bond donors (Lipinski definition) is 1. The minimum Gasteiger partial charge on any atom is -0.467 e. The van der Waals surface area contributed by atoms with E-state index in [1.165, 1.54) is 12.0 Å². The van der Waals surface area contributed by atoms with Crippen LogP contribution in [0.4, 0.5) is 0 Å². The maximum Gasteiger partial charge on any atom is 0.331 e. The van der Waals surface area contributed by atoms with Crippen molar-refractivity contribution in [2.24, 2.45) is 0 Å². The molecule has 1 N–H and O–H groups in total. The fourth-order valence-corrected chi connectivity index (χ4v) is 3.34. The molecule has 1 heterocycles. The Morgan fingerprint density at radius 2 is 2.00 bits per heavy atom. The van der Waals surface area contributed by atoms with Crippen LogP contribution in [0.25, 0.3) is 10.8 Å². The quantitative estimate of drug-likeness (QED) is 0.854. The molecule has 0 aromatic heterocycles. The Labute approximate surface area is 145 Å². The van der Waals surface area contributed by atoms with E-state index in [0.717, 1.165) is 16.3 Å². The first-order valence-corrected chi connectivity index (χ1v) is 8.03. The van der Waals surface area contributed by atoms with Crippen molar-refractivity contribution in [1.82, 2.24) is 4.90 Å². The summed E-state index contributed by atoms with van der Waals surface area (Å²) in [5.41, 5.74) is 1.33. The van der Waals surface area contributed by atoms with E-state index in [1.807, 2.05) is 24.3 Å². The van der Waals surface area contributed by atoms with Crippen LogP contribution in [0.15, 0.2) is 36.4 Å². The van der Waals surface area contributed by atoms with Crippen molar-refractivity contribution >= 4 is 22.6 Å². The number of hydrogen-bond acceptors (Lipinski definition) is 5. The molecule has 6 heteroatoms. The molecular formula is C19H18N2O4. The van der Waals surface area contributed by atoms with Crippen LogP contribution in [-0.4, -0.2) is 47.7 Å². The monoisotopic (exact) mass is 338 g/mol. The molecule has 1 fully saturated rings. The Hall–Kier alpha value is -2.91. The highest BCUT2D eigenvalue weighted by molar-refractivity contribution is 5.94. The normalized spacial score (nSPS) is 19.6. The van der Waals surface area contributed by atoms with Crippen molar-refractivity contribution in [3.05, 3.63) is 47.5 Å². The molecule has 2 unspecified atom stereocenters. The minimum atomic E-state index is -0.956. The summed E-state index contributed by atoms with van der Waals surface area (Å²) in [7, 11) is 1.24. The number of fused-ring (bicyclic) bond motifs is 1. The zero-order chi connectivity index (χ0) is 18.0. The van der Waals surface area contributed by atoms with Crippen molar-refractivity contribution in [2.75, 3.05) is 13.7 Å². The highest BCUT2D eigenvalue weighted by Gasteiger charge is 2.41. The molecular weight excluding hydrogens is 320 g/mol. The average Bonchev–Trinajstić information content (AvgIpc) is 3.03. The molecule has 25 heavy (non-hydrogen) atoms. The average molecular weight is 338 g/mol. The number of nitrogens with zero attached hydrogens (tertiary/aromatic N) is 2. The van der Waals surface area contributed by atoms with E-state index in [9.17, 15) is 20.0 Å². The lowest BCUT2D eigenvalue weighted by molar-refractivity contribution is -0.153. The number of benzene rings is 2. The highest BCUT2D eigenvalue weighted by Crippen LogP contribution is 2.25. The van der Waals surface area contributed by atoms with Crippen LogP contribution >= 0.6 is 0 Å². The van der Waals surface area contributed by atoms with Crippen LogP contribution in [0.5, 0.6) is 0 Å². The van der Waals surface area contributed by atoms with Crippen LogP contribution < -0.4 is 0 Å². The van der Waals surface area contributed by atoms with E-state index in [1.54, 1.807) is 12.1 Å². The first-order valence-electron chi connectivity index (χ1n) is 8.03. The molecule has 0 radical (unpaired) electrons. The third kappa shape index (κ3) is 3.06. The number of rotatable bonds is 3. The Balaban J connectivity index is 1.90. The molecule has 0 bridgehead atoms. The fourth-order valence-electron chi connectivity index (χ4n) is 3.34. The smallest absolute Gasteiger partial charge is 0.331 e. The van der Waals surface area contributed by atoms with Gasteiger partial charge in [-0.05, 0) is 28.8 Å². The van der Waals surface area contributed by atoms with Crippen LogP contribution in [-0.2, 0) is 20.7 Å². The van der Waals surface area contributed by atoms with Gasteiger partial charge in [0.15, 0.2) is 6.04 Å². The molecule has 6 nitrogen and oxygen atoms in total. The molecule has 1 amide bonds. The molecule has 0 spiro atoms. The zero-order valence-electron chi connectivity index (χ0n) is 13.8. The number of aliphatic hydroxyl groups is 1. The van der Waals surface area contributed by atoms with E-state index >= 15 is 0 Å². The number of carbonyl (C=O) groups is 2. The van der Waals surface area contributed by atoms with Crippen molar-refractivity contribution in [3.8, 4) is 6.07 Å². The molecule has 0 aliphatic carbocycles. The number of carbonyl (C=O) groups excluding carboxylic acids is 2. The van der Waals surface area contributed by atoms with Crippen molar-refractivity contribution in [2.45, 2.75) is 25.0 Å². The number of nitriles is 1. The standard InChI is InChI=1S/C19H18N2O4/c1-25-19(24)18-16(22)8-9-21(18)17(23)10-12-6-7-13(11-20)15-5-3-2-4-14(12)15/h2-7,16,18,22H,8-10H2,1H3. The Morgan fingerprint density at radius 1 is 1.28 bits per heavy atom. The van der Waals surface area contributed by atoms with Gasteiger partial charge in [0.05, 0.1) is 31.3 Å². The summed E-state index contributed by atoms with van der Waals surface area (Å²) in [5, 5.41) is 20.8. The lowest BCUT2D eigenvalue weighted by atomic mass is 9.98. The molecule has 2 atom stereocenters. The van der Waals surface area contributed by atoms with Crippen molar-refractivity contribution in [1.29, 1.82) is 5.26 Å². The molecule has 0 saturated carbocycles. The van der Waals surface area contributed by atoms with E-state index in [4.69, 9.17) is 4.74 Å². The first kappa shape index (κ1) is 16.9. The molecule has 2 aromatic carbocycles. The predicted molar refractivity (Wildman–Crippen MR) is 90.5 cm³/mol. The Bertz CT molecular complexity index is 871. The number of esters is 1. The van der Waals surface area contributed by atoms with Gasteiger partial charge in [0.1, 0.15) is 0 Å². The molecule has 3 rings (SSSR count). The lowest BCUT2D eigenvalue weighted by Crippen LogP contribution is -2.46. The van der Waals surface area contributed by atoms with Gasteiger partial charge in [-0.1, -0.05) is 30.3 Å². The third-order valence-corrected chi connectivity index (χ3v) is 4.61. The molecule has 128 valence electrons. The topological polar surface area (TPSA) is 90.6 Å². The van der Waals surface area contributed by atoms with Gasteiger partial charge in [0.2, 0.25) is 5.91 Å². The van der Waals surface area contributed by atoms with Crippen LogP contribution in [0.2, 0.25) is 0 Å². The number of methoxy groups -OCH3 is 1. The number of aliphatic hydroxyl groups excluding tert-OH is 1. The molecule has 1 aliphatic heterocycles. The van der Waals surface area contributed by atoms with Crippen LogP contribution in [0.3, 0.4) is 0 Å². The number of likely N-dealkylation sites (tertiary alicyclic amines) is 1. The predicted octanol–water partition coefficient (Wildman–Crippen LogP) is 1.39. The van der Waals surface area contributed by atoms with Gasteiger partial charge in [-0.25, -0.2) is 4.79 Å². The second-order valence-corrected chi connectivity index (χ2v) is 6.02. The summed E-state index contributed by atoms with van der Waals surface area (Å²) in [6.45, 7) is 0.313. The third-order valence-electron chi connectivity index (χ3n) is 4.61. The summed E-state index contributed by atoms with van der Waals surface area (Å²) in [4.78, 5) is 26.0. The zero-order valence-corrected chi connectivity index (χ0v) is 13.8. The van der Waals surface area contributed by atoms with E-state index < -0.39 is 18.1 Å².